The molecule has 10 heavy (non-hydrogen) atoms. The van der Waals surface area contributed by atoms with Crippen molar-refractivity contribution in [2.45, 2.75) is 38.2 Å². The van der Waals surface area contributed by atoms with Gasteiger partial charge in [-0.05, 0) is 12.8 Å². The molecule has 0 bridgehead atoms. The van der Waals surface area contributed by atoms with Crippen molar-refractivity contribution in [1.82, 2.24) is 0 Å². The van der Waals surface area contributed by atoms with E-state index in [-0.39, 0.29) is 0 Å². The van der Waals surface area contributed by atoms with Crippen LogP contribution in [0.1, 0.15) is 32.1 Å². The largest absolute Gasteiger partial charge is 0.381 e. The van der Waals surface area contributed by atoms with Crippen LogP contribution in [0, 0.1) is 0 Å². The monoisotopic (exact) mass is 258 g/mol. The van der Waals surface area contributed by atoms with Crippen LogP contribution in [0.2, 0.25) is 0 Å². The summed E-state index contributed by atoms with van der Waals surface area (Å²) in [5.74, 6) is 0. The standard InChI is InChI=1S/C7H14O.HIO/c1-8-7-5-3-2-4-6-7;1-2/h7H,2-6H2,1H3;2H. The third-order valence-corrected chi connectivity index (χ3v) is 1.89. The average molecular weight is 258 g/mol. The highest BCUT2D eigenvalue weighted by Crippen LogP contribution is 2.18. The van der Waals surface area contributed by atoms with Crippen LogP contribution in [0.5, 0.6) is 0 Å². The number of hydrogen-bond donors (Lipinski definition) is 1. The number of halogens is 1. The van der Waals surface area contributed by atoms with Crippen LogP contribution in [-0.4, -0.2) is 16.6 Å². The molecule has 0 spiro atoms. The van der Waals surface area contributed by atoms with Gasteiger partial charge in [-0.15, -0.1) is 0 Å². The first-order chi connectivity index (χ1) is 4.93. The molecule has 0 aromatic heterocycles. The number of methoxy groups -OCH3 is 1. The molecule has 0 atom stereocenters. The maximum absolute atomic E-state index is 6.97. The molecule has 3 heteroatoms. The number of rotatable bonds is 1. The van der Waals surface area contributed by atoms with Gasteiger partial charge < -0.3 is 8.17 Å². The van der Waals surface area contributed by atoms with Crippen molar-refractivity contribution < 1.29 is 8.17 Å². The van der Waals surface area contributed by atoms with Crippen molar-refractivity contribution in [3.63, 3.8) is 0 Å². The lowest BCUT2D eigenvalue weighted by atomic mass is 9.98. The molecule has 0 radical (unpaired) electrons. The van der Waals surface area contributed by atoms with Crippen LogP contribution in [-0.2, 0) is 4.74 Å². The van der Waals surface area contributed by atoms with Gasteiger partial charge in [0.25, 0.3) is 0 Å². The average Bonchev–Trinajstić information content (AvgIpc) is 2.10. The summed E-state index contributed by atoms with van der Waals surface area (Å²) in [6, 6.07) is 0. The van der Waals surface area contributed by atoms with E-state index < -0.39 is 0 Å². The molecule has 62 valence electrons. The first kappa shape index (κ1) is 10.7. The predicted octanol–water partition coefficient (Wildman–Crippen LogP) is 2.29. The fourth-order valence-corrected chi connectivity index (χ4v) is 1.30. The van der Waals surface area contributed by atoms with Gasteiger partial charge in [-0.2, -0.15) is 0 Å². The van der Waals surface area contributed by atoms with Crippen LogP contribution in [0.25, 0.3) is 0 Å². The Bertz CT molecular complexity index is 62.6. The molecule has 0 aliphatic heterocycles. The summed E-state index contributed by atoms with van der Waals surface area (Å²) in [7, 11) is 1.82. The van der Waals surface area contributed by atoms with E-state index in [0.29, 0.717) is 6.10 Å². The molecule has 1 N–H and O–H groups in total. The van der Waals surface area contributed by atoms with E-state index in [1.54, 1.807) is 0 Å². The van der Waals surface area contributed by atoms with Crippen LogP contribution in [0.3, 0.4) is 0 Å². The zero-order valence-electron chi connectivity index (χ0n) is 6.35. The Morgan fingerprint density at radius 1 is 1.20 bits per heavy atom. The van der Waals surface area contributed by atoms with Gasteiger partial charge in [0.1, 0.15) is 23.0 Å². The Hall–Kier alpha value is 0.650. The molecule has 0 heterocycles. The molecule has 0 aromatic carbocycles. The molecule has 0 unspecified atom stereocenters. The Balaban J connectivity index is 0.000000371. The highest BCUT2D eigenvalue weighted by molar-refractivity contribution is 14.1. The van der Waals surface area contributed by atoms with E-state index in [4.69, 9.17) is 8.17 Å². The highest BCUT2D eigenvalue weighted by Gasteiger charge is 2.10. The summed E-state index contributed by atoms with van der Waals surface area (Å²) < 4.78 is 12.2. The van der Waals surface area contributed by atoms with E-state index in [2.05, 4.69) is 0 Å². The lowest BCUT2D eigenvalue weighted by Crippen LogP contribution is -2.13. The van der Waals surface area contributed by atoms with Gasteiger partial charge in [0.2, 0.25) is 0 Å². The summed E-state index contributed by atoms with van der Waals surface area (Å²) in [4.78, 5) is 0. The van der Waals surface area contributed by atoms with E-state index >= 15 is 0 Å². The molecule has 1 fully saturated rings. The van der Waals surface area contributed by atoms with Crippen molar-refractivity contribution in [2.24, 2.45) is 0 Å². The Morgan fingerprint density at radius 3 is 2.00 bits per heavy atom. The third-order valence-electron chi connectivity index (χ3n) is 1.89. The lowest BCUT2D eigenvalue weighted by Gasteiger charge is -2.19. The fourth-order valence-electron chi connectivity index (χ4n) is 1.30. The maximum atomic E-state index is 6.97. The topological polar surface area (TPSA) is 29.5 Å². The van der Waals surface area contributed by atoms with Gasteiger partial charge in [0.05, 0.1) is 6.10 Å². The zero-order valence-corrected chi connectivity index (χ0v) is 8.50. The minimum absolute atomic E-state index is 0.587. The Kier molecular flexibility index (Phi) is 8.26. The predicted molar refractivity (Wildman–Crippen MR) is 50.1 cm³/mol. The van der Waals surface area contributed by atoms with Gasteiger partial charge >= 0.3 is 0 Å². The normalized spacial score (nSPS) is 19.5. The molecule has 1 rings (SSSR count). The first-order valence-corrected chi connectivity index (χ1v) is 4.59. The second-order valence-corrected chi connectivity index (χ2v) is 2.50. The van der Waals surface area contributed by atoms with Crippen molar-refractivity contribution in [3.8, 4) is 0 Å². The number of ether oxygens (including phenoxy) is 1. The van der Waals surface area contributed by atoms with Gasteiger partial charge in [-0.3, -0.25) is 0 Å². The molecule has 0 aromatic rings. The van der Waals surface area contributed by atoms with Crippen LogP contribution >= 0.6 is 23.0 Å². The third kappa shape index (κ3) is 4.46. The second-order valence-electron chi connectivity index (χ2n) is 2.50. The molecule has 0 amide bonds. The Labute approximate surface area is 76.7 Å². The second kappa shape index (κ2) is 7.75. The first-order valence-electron chi connectivity index (χ1n) is 3.63. The smallest absolute Gasteiger partial charge is 0.106 e. The van der Waals surface area contributed by atoms with Crippen LogP contribution < -0.4 is 0 Å². The Morgan fingerprint density at radius 2 is 1.70 bits per heavy atom. The van der Waals surface area contributed by atoms with Crippen molar-refractivity contribution in [1.29, 1.82) is 0 Å². The fraction of sp³-hybridized carbons (Fsp3) is 1.00. The summed E-state index contributed by atoms with van der Waals surface area (Å²) in [5, 5.41) is 0. The van der Waals surface area contributed by atoms with Crippen LogP contribution in [0.15, 0.2) is 0 Å². The lowest BCUT2D eigenvalue weighted by molar-refractivity contribution is 0.0710. The van der Waals surface area contributed by atoms with E-state index in [9.17, 15) is 0 Å². The summed E-state index contributed by atoms with van der Waals surface area (Å²) in [5.41, 5.74) is 0. The van der Waals surface area contributed by atoms with E-state index in [0.717, 1.165) is 23.0 Å². The number of hydrogen-bond acceptors (Lipinski definition) is 2. The maximum Gasteiger partial charge on any atom is 0.106 e. The summed E-state index contributed by atoms with van der Waals surface area (Å²) in [6.45, 7) is 0. The van der Waals surface area contributed by atoms with Gasteiger partial charge in [-0.25, -0.2) is 0 Å². The SMILES string of the molecule is COC1CCCCC1.OI. The molecule has 1 aliphatic rings. The van der Waals surface area contributed by atoms with Gasteiger partial charge in [-0.1, -0.05) is 19.3 Å². The van der Waals surface area contributed by atoms with E-state index in [1.165, 1.54) is 32.1 Å². The van der Waals surface area contributed by atoms with Gasteiger partial charge in [0, 0.05) is 7.11 Å². The molecular weight excluding hydrogens is 243 g/mol. The minimum Gasteiger partial charge on any atom is -0.381 e. The quantitative estimate of drug-likeness (QED) is 0.731. The summed E-state index contributed by atoms with van der Waals surface area (Å²) >= 11 is 1.15. The summed E-state index contributed by atoms with van der Waals surface area (Å²) in [6.07, 6.45) is 7.33. The zero-order chi connectivity index (χ0) is 7.82. The highest BCUT2D eigenvalue weighted by atomic mass is 127. The minimum atomic E-state index is 0.587. The molecular formula is C7H15IO2. The van der Waals surface area contributed by atoms with E-state index in [1.807, 2.05) is 7.11 Å². The molecule has 0 saturated heterocycles. The molecule has 2 nitrogen and oxygen atoms in total. The van der Waals surface area contributed by atoms with Crippen molar-refractivity contribution in [3.05, 3.63) is 0 Å². The van der Waals surface area contributed by atoms with Crippen molar-refractivity contribution in [2.75, 3.05) is 7.11 Å². The molecule has 1 aliphatic carbocycles. The molecule has 1 saturated carbocycles. The van der Waals surface area contributed by atoms with Crippen molar-refractivity contribution >= 4 is 23.0 Å². The van der Waals surface area contributed by atoms with Crippen LogP contribution in [0.4, 0.5) is 0 Å². The van der Waals surface area contributed by atoms with Gasteiger partial charge in [0.15, 0.2) is 0 Å².